The number of carbonyl (C=O) groups excluding carboxylic acids is 3. The van der Waals surface area contributed by atoms with Crippen molar-refractivity contribution in [3.63, 3.8) is 0 Å². The van der Waals surface area contributed by atoms with Crippen LogP contribution in [0, 0.1) is 28.5 Å². The molecule has 0 radical (unpaired) electrons. The van der Waals surface area contributed by atoms with Crippen molar-refractivity contribution in [3.8, 4) is 17.9 Å². The largest absolute Gasteiger partial charge is 0.489 e. The van der Waals surface area contributed by atoms with Crippen molar-refractivity contribution in [2.75, 3.05) is 66.3 Å². The van der Waals surface area contributed by atoms with Gasteiger partial charge in [-0.05, 0) is 81.0 Å². The van der Waals surface area contributed by atoms with Gasteiger partial charge in [-0.1, -0.05) is 0 Å². The maximum atomic E-state index is 15.4. The van der Waals surface area contributed by atoms with Crippen molar-refractivity contribution in [2.45, 2.75) is 50.7 Å². The van der Waals surface area contributed by atoms with E-state index >= 15 is 4.39 Å². The van der Waals surface area contributed by atoms with E-state index in [1.807, 2.05) is 4.90 Å². The minimum absolute atomic E-state index is 0.0485. The van der Waals surface area contributed by atoms with Gasteiger partial charge in [-0.15, -0.1) is 0 Å². The number of nitrogens with one attached hydrogen (secondary N) is 3. The number of hydrogen-bond donors (Lipinski definition) is 4. The number of piperazine rings is 1. The molecule has 58 heavy (non-hydrogen) atoms. The number of alkyl halides is 3. The minimum atomic E-state index is -4.85. The van der Waals surface area contributed by atoms with Gasteiger partial charge in [0.15, 0.2) is 16.7 Å². The molecule has 304 valence electrons. The molecule has 19 heteroatoms. The molecule has 3 aromatic rings. The van der Waals surface area contributed by atoms with Crippen molar-refractivity contribution in [1.29, 1.82) is 10.5 Å². The summed E-state index contributed by atoms with van der Waals surface area (Å²) in [6.45, 7) is 6.14. The number of hydrogen-bond acceptors (Lipinski definition) is 11. The Morgan fingerprint density at radius 2 is 1.69 bits per heavy atom. The molecule has 2 atom stereocenters. The molecule has 0 spiro atoms. The lowest BCUT2D eigenvalue weighted by Crippen LogP contribution is -2.51. The Labute approximate surface area is 336 Å². The van der Waals surface area contributed by atoms with Gasteiger partial charge in [0.1, 0.15) is 18.4 Å². The Kier molecular flexibility index (Phi) is 12.2. The lowest BCUT2D eigenvalue weighted by Gasteiger charge is -2.34. The third kappa shape index (κ3) is 9.13. The van der Waals surface area contributed by atoms with Crippen LogP contribution in [0.4, 0.5) is 40.3 Å². The lowest BCUT2D eigenvalue weighted by molar-refractivity contribution is -0.137. The first-order valence-corrected chi connectivity index (χ1v) is 18.7. The van der Waals surface area contributed by atoms with Gasteiger partial charge in [0.2, 0.25) is 11.8 Å². The van der Waals surface area contributed by atoms with Gasteiger partial charge < -0.3 is 30.7 Å². The Balaban J connectivity index is 0.988. The standard InChI is InChI=1S/C39H39F4N9O5S/c1-38(2)36(56)51(27-4-3-24(21-45)29(18-27)39(41,42)43)37(58)52(38)28-5-7-32(30(40)19-28)57-14-13-49-9-11-50(12-10-49)22-34(54)47-26-16-23(20-44)15-25(17-26)46-31-6-8-33(53)48-35(31)55/h3-5,7,15-19,31,35,46,55H,6,8-14,22H2,1-2H3,(H,47,54)(H,48,53). The summed E-state index contributed by atoms with van der Waals surface area (Å²) in [4.78, 5) is 44.4. The highest BCUT2D eigenvalue weighted by molar-refractivity contribution is 7.81. The number of piperidine rings is 1. The third-order valence-corrected chi connectivity index (χ3v) is 10.5. The van der Waals surface area contributed by atoms with Crippen LogP contribution >= 0.6 is 12.2 Å². The molecule has 0 aliphatic carbocycles. The molecule has 3 saturated heterocycles. The molecule has 0 saturated carbocycles. The average Bonchev–Trinajstić information content (AvgIpc) is 3.35. The molecule has 14 nitrogen and oxygen atoms in total. The molecule has 3 aliphatic heterocycles. The van der Waals surface area contributed by atoms with Crippen LogP contribution in [0.2, 0.25) is 0 Å². The smallest absolute Gasteiger partial charge is 0.417 e. The highest BCUT2D eigenvalue weighted by Crippen LogP contribution is 2.40. The molecule has 3 heterocycles. The summed E-state index contributed by atoms with van der Waals surface area (Å²) >= 11 is 5.54. The predicted octanol–water partition coefficient (Wildman–Crippen LogP) is 4.15. The van der Waals surface area contributed by atoms with Crippen LogP contribution in [0.15, 0.2) is 54.6 Å². The van der Waals surface area contributed by atoms with E-state index in [9.17, 15) is 43.2 Å². The van der Waals surface area contributed by atoms with Gasteiger partial charge >= 0.3 is 6.18 Å². The number of amides is 3. The first-order valence-electron chi connectivity index (χ1n) is 18.2. The van der Waals surface area contributed by atoms with E-state index in [1.54, 1.807) is 18.2 Å². The van der Waals surface area contributed by atoms with E-state index in [-0.39, 0.29) is 53.6 Å². The summed E-state index contributed by atoms with van der Waals surface area (Å²) in [5.41, 5.74) is -1.98. The number of carbonyl (C=O) groups is 3. The molecule has 3 aliphatic rings. The first kappa shape index (κ1) is 41.8. The summed E-state index contributed by atoms with van der Waals surface area (Å²) in [5.74, 6) is -1.95. The Morgan fingerprint density at radius 1 is 1.00 bits per heavy atom. The van der Waals surface area contributed by atoms with E-state index in [2.05, 4.69) is 26.9 Å². The lowest BCUT2D eigenvalue weighted by atomic mass is 10.0. The summed E-state index contributed by atoms with van der Waals surface area (Å²) < 4.78 is 62.2. The zero-order valence-corrected chi connectivity index (χ0v) is 32.2. The van der Waals surface area contributed by atoms with E-state index in [0.29, 0.717) is 62.1 Å². The van der Waals surface area contributed by atoms with Crippen molar-refractivity contribution < 1.29 is 41.8 Å². The second kappa shape index (κ2) is 16.9. The van der Waals surface area contributed by atoms with Crippen molar-refractivity contribution in [2.24, 2.45) is 0 Å². The first-order chi connectivity index (χ1) is 27.5. The van der Waals surface area contributed by atoms with Crippen LogP contribution in [-0.4, -0.2) is 101 Å². The Bertz CT molecular complexity index is 2200. The van der Waals surface area contributed by atoms with Gasteiger partial charge in [-0.3, -0.25) is 29.1 Å². The maximum Gasteiger partial charge on any atom is 0.417 e. The number of nitriles is 2. The van der Waals surface area contributed by atoms with Crippen LogP contribution in [0.1, 0.15) is 43.4 Å². The number of benzene rings is 3. The Hall–Kier alpha value is -5.86. The number of rotatable bonds is 11. The second-order valence-electron chi connectivity index (χ2n) is 14.5. The van der Waals surface area contributed by atoms with Crippen LogP contribution in [0.5, 0.6) is 5.75 Å². The number of ether oxygens (including phenoxy) is 1. The summed E-state index contributed by atoms with van der Waals surface area (Å²) in [7, 11) is 0. The maximum absolute atomic E-state index is 15.4. The van der Waals surface area contributed by atoms with Crippen molar-refractivity contribution in [3.05, 3.63) is 77.1 Å². The second-order valence-corrected chi connectivity index (χ2v) is 14.9. The molecule has 3 aromatic carbocycles. The fourth-order valence-electron chi connectivity index (χ4n) is 7.06. The molecule has 6 rings (SSSR count). The number of nitrogens with zero attached hydrogens (tertiary/aromatic N) is 6. The minimum Gasteiger partial charge on any atom is -0.489 e. The summed E-state index contributed by atoms with van der Waals surface area (Å²) in [6.07, 6.45) is -5.29. The van der Waals surface area contributed by atoms with Gasteiger partial charge in [-0.2, -0.15) is 23.7 Å². The average molecular weight is 822 g/mol. The fraction of sp³-hybridized carbons (Fsp3) is 0.385. The van der Waals surface area contributed by atoms with E-state index in [1.165, 1.54) is 43.0 Å². The van der Waals surface area contributed by atoms with E-state index in [4.69, 9.17) is 17.0 Å². The molecule has 0 bridgehead atoms. The summed E-state index contributed by atoms with van der Waals surface area (Å²) in [6, 6.07) is 14.8. The van der Waals surface area contributed by atoms with Crippen LogP contribution in [0.25, 0.3) is 0 Å². The SMILES string of the molecule is CC1(C)C(=O)N(c2ccc(C#N)c(C(F)(F)F)c2)C(=S)N1c1ccc(OCCN2CCN(CC(=O)Nc3cc(C#N)cc(NC4CCC(=O)NC4O)c3)CC2)c(F)c1. The zero-order chi connectivity index (χ0) is 41.9. The molecule has 4 N–H and O–H groups in total. The zero-order valence-electron chi connectivity index (χ0n) is 31.4. The molecule has 2 unspecified atom stereocenters. The quantitative estimate of drug-likeness (QED) is 0.161. The molecule has 0 aromatic heterocycles. The van der Waals surface area contributed by atoms with Crippen LogP contribution in [-0.2, 0) is 20.6 Å². The number of aliphatic hydroxyl groups is 1. The molecule has 3 amide bonds. The van der Waals surface area contributed by atoms with Crippen LogP contribution in [0.3, 0.4) is 0 Å². The number of halogens is 4. The normalized spacial score (nSPS) is 20.0. The number of thiocarbonyl (C=S) groups is 1. The molecular weight excluding hydrogens is 783 g/mol. The van der Waals surface area contributed by atoms with Gasteiger partial charge in [0.25, 0.3) is 5.91 Å². The number of aliphatic hydroxyl groups excluding tert-OH is 1. The van der Waals surface area contributed by atoms with E-state index in [0.717, 1.165) is 17.0 Å². The fourth-order valence-corrected chi connectivity index (χ4v) is 7.58. The Morgan fingerprint density at radius 3 is 2.34 bits per heavy atom. The highest BCUT2D eigenvalue weighted by atomic mass is 32.1. The van der Waals surface area contributed by atoms with Crippen molar-refractivity contribution in [1.82, 2.24) is 15.1 Å². The van der Waals surface area contributed by atoms with Crippen LogP contribution < -0.4 is 30.5 Å². The molecular formula is C39H39F4N9O5S. The topological polar surface area (TPSA) is 177 Å². The number of anilines is 4. The summed E-state index contributed by atoms with van der Waals surface area (Å²) in [5, 5.41) is 37.1. The van der Waals surface area contributed by atoms with E-state index < -0.39 is 46.8 Å². The molecule has 3 fully saturated rings. The predicted molar refractivity (Wildman–Crippen MR) is 208 cm³/mol. The van der Waals surface area contributed by atoms with Gasteiger partial charge in [-0.25, -0.2) is 4.39 Å². The van der Waals surface area contributed by atoms with Gasteiger partial charge in [0, 0.05) is 62.3 Å². The van der Waals surface area contributed by atoms with Gasteiger partial charge in [0.05, 0.1) is 47.1 Å². The highest BCUT2D eigenvalue weighted by Gasteiger charge is 2.51. The third-order valence-electron chi connectivity index (χ3n) is 10.1. The monoisotopic (exact) mass is 821 g/mol. The van der Waals surface area contributed by atoms with Crippen molar-refractivity contribution >= 4 is 57.8 Å².